The lowest BCUT2D eigenvalue weighted by atomic mass is 9.12. The van der Waals surface area contributed by atoms with Crippen LogP contribution < -0.4 is 21.9 Å². The van der Waals surface area contributed by atoms with Gasteiger partial charge in [0.2, 0.25) is 0 Å². The molecule has 0 spiro atoms. The Morgan fingerprint density at radius 2 is 0.442 bits per heavy atom. The van der Waals surface area contributed by atoms with Gasteiger partial charge in [-0.25, -0.2) is 79.0 Å². The molecule has 0 bridgehead atoms. The first-order valence-electron chi connectivity index (χ1n) is 10.7. The lowest BCUT2D eigenvalue weighted by Crippen LogP contribution is -2.79. The normalized spacial score (nSPS) is 12.0. The van der Waals surface area contributed by atoms with Crippen molar-refractivity contribution >= 4 is 28.0 Å². The zero-order chi connectivity index (χ0) is 32.6. The van der Waals surface area contributed by atoms with Crippen molar-refractivity contribution in [2.75, 3.05) is 0 Å². The number of hydrogen-bond acceptors (Lipinski definition) is 0. The zero-order valence-corrected chi connectivity index (χ0v) is 19.5. The van der Waals surface area contributed by atoms with Gasteiger partial charge in [-0.15, -0.1) is 16.4 Å². The molecule has 228 valence electrons. The highest BCUT2D eigenvalue weighted by molar-refractivity contribution is 7.20. The molecule has 0 N–H and O–H groups in total. The minimum atomic E-state index is -6.42. The van der Waals surface area contributed by atoms with Crippen LogP contribution in [0.2, 0.25) is 0 Å². The average molecular weight is 643 g/mol. The second-order valence-electron chi connectivity index (χ2n) is 8.62. The average Bonchev–Trinajstić information content (AvgIpc) is 2.97. The lowest BCUT2D eigenvalue weighted by Gasteiger charge is -2.44. The van der Waals surface area contributed by atoms with Gasteiger partial charge in [0.1, 0.15) is 41.0 Å². The SMILES string of the molecule is Fc1cc([B-](c2c(F)c(F)c(F)c(F)c2F)(c2c(F)c(F)c(F)c(F)c2F)c2c(F)c(F)c(F)c(F)c2F)cc(F)c1F. The van der Waals surface area contributed by atoms with Crippen molar-refractivity contribution in [3.63, 3.8) is 0 Å². The summed E-state index contributed by atoms with van der Waals surface area (Å²) in [6, 6.07) is -1.49. The van der Waals surface area contributed by atoms with Crippen molar-refractivity contribution in [3.05, 3.63) is 117 Å². The Morgan fingerprint density at radius 3 is 0.651 bits per heavy atom. The fourth-order valence-electron chi connectivity index (χ4n) is 4.76. The van der Waals surface area contributed by atoms with E-state index in [9.17, 15) is 52.7 Å². The van der Waals surface area contributed by atoms with Crippen LogP contribution in [-0.2, 0) is 0 Å². The molecule has 0 fully saturated rings. The van der Waals surface area contributed by atoms with Crippen LogP contribution in [0.15, 0.2) is 12.1 Å². The molecule has 0 aliphatic rings. The molecule has 4 rings (SSSR count). The van der Waals surface area contributed by atoms with E-state index in [4.69, 9.17) is 0 Å². The Morgan fingerprint density at radius 1 is 0.256 bits per heavy atom. The smallest absolute Gasteiger partial charge is 0.200 e. The third kappa shape index (κ3) is 4.14. The molecule has 0 amide bonds. The van der Waals surface area contributed by atoms with E-state index in [-0.39, 0.29) is 0 Å². The van der Waals surface area contributed by atoms with Crippen LogP contribution in [0.25, 0.3) is 0 Å². The Labute approximate surface area is 224 Å². The molecule has 4 aromatic carbocycles. The van der Waals surface area contributed by atoms with Crippen molar-refractivity contribution in [1.29, 1.82) is 0 Å². The van der Waals surface area contributed by atoms with E-state index in [1.54, 1.807) is 0 Å². The van der Waals surface area contributed by atoms with Gasteiger partial charge in [0.05, 0.1) is 0 Å². The molecule has 0 radical (unpaired) electrons. The van der Waals surface area contributed by atoms with Crippen LogP contribution in [0, 0.1) is 105 Å². The fourth-order valence-corrected chi connectivity index (χ4v) is 4.76. The van der Waals surface area contributed by atoms with Crippen LogP contribution in [0.3, 0.4) is 0 Å². The number of rotatable bonds is 4. The molecular weight excluding hydrogens is 641 g/mol. The predicted molar refractivity (Wildman–Crippen MR) is 109 cm³/mol. The zero-order valence-electron chi connectivity index (χ0n) is 19.5. The summed E-state index contributed by atoms with van der Waals surface area (Å²) in [6.45, 7) is 0. The molecule has 0 unspecified atom stereocenters. The Kier molecular flexibility index (Phi) is 7.68. The minimum Gasteiger partial charge on any atom is -0.207 e. The minimum absolute atomic E-state index is 0.743. The molecule has 0 saturated heterocycles. The largest absolute Gasteiger partial charge is 0.207 e. The van der Waals surface area contributed by atoms with E-state index >= 15 is 26.3 Å². The first kappa shape index (κ1) is 31.6. The maximum Gasteiger partial charge on any atom is 0.200 e. The first-order valence-corrected chi connectivity index (χ1v) is 10.7. The molecule has 19 heteroatoms. The molecule has 0 aliphatic heterocycles. The van der Waals surface area contributed by atoms with E-state index in [1.165, 1.54) is 0 Å². The Balaban J connectivity index is 2.61. The molecule has 0 heterocycles. The van der Waals surface area contributed by atoms with E-state index in [0.29, 0.717) is 0 Å². The highest BCUT2D eigenvalue weighted by Crippen LogP contribution is 2.28. The van der Waals surface area contributed by atoms with Gasteiger partial charge >= 0.3 is 0 Å². The molecule has 0 aromatic heterocycles. The number of hydrogen-bond donors (Lipinski definition) is 0. The number of benzene rings is 4. The van der Waals surface area contributed by atoms with E-state index in [1.807, 2.05) is 0 Å². The standard InChI is InChI=1S/C24H2BF18/c26-4-1-3(2-5(27)9(4)28)25(6-10(29)16(35)22(41)17(36)11(6)30,7-12(31)18(37)23(42)19(38)13(7)32)8-14(33)20(39)24(43)21(40)15(8)34/h1-2H/q-1. The van der Waals surface area contributed by atoms with Crippen LogP contribution in [-0.4, -0.2) is 6.15 Å². The van der Waals surface area contributed by atoms with Gasteiger partial charge in [-0.05, 0) is 0 Å². The first-order chi connectivity index (χ1) is 19.8. The van der Waals surface area contributed by atoms with Crippen molar-refractivity contribution in [2.45, 2.75) is 0 Å². The van der Waals surface area contributed by atoms with Crippen LogP contribution in [0.1, 0.15) is 0 Å². The Bertz CT molecular complexity index is 1590. The summed E-state index contributed by atoms with van der Waals surface area (Å²) in [7, 11) is 0. The number of halogens is 18. The summed E-state index contributed by atoms with van der Waals surface area (Å²) in [5.41, 5.74) is -11.7. The fraction of sp³-hybridized carbons (Fsp3) is 0. The van der Waals surface area contributed by atoms with E-state index in [0.717, 1.165) is 0 Å². The van der Waals surface area contributed by atoms with Crippen molar-refractivity contribution in [3.8, 4) is 0 Å². The summed E-state index contributed by atoms with van der Waals surface area (Å²) in [5, 5.41) is 0. The van der Waals surface area contributed by atoms with Gasteiger partial charge in [0, 0.05) is 0 Å². The third-order valence-electron chi connectivity index (χ3n) is 6.54. The highest BCUT2D eigenvalue weighted by atomic mass is 19.2. The summed E-state index contributed by atoms with van der Waals surface area (Å²) in [6.07, 6.45) is -6.42. The van der Waals surface area contributed by atoms with E-state index < -0.39 is 145 Å². The highest BCUT2D eigenvalue weighted by Gasteiger charge is 2.49. The third-order valence-corrected chi connectivity index (χ3v) is 6.54. The summed E-state index contributed by atoms with van der Waals surface area (Å²) in [4.78, 5) is 0. The maximum absolute atomic E-state index is 15.3. The second kappa shape index (κ2) is 10.4. The Hall–Kier alpha value is -4.32. The van der Waals surface area contributed by atoms with Crippen LogP contribution in [0.4, 0.5) is 79.0 Å². The lowest BCUT2D eigenvalue weighted by molar-refractivity contribution is 0.380. The molecule has 0 saturated carbocycles. The van der Waals surface area contributed by atoms with Gasteiger partial charge < -0.3 is 0 Å². The van der Waals surface area contributed by atoms with E-state index in [2.05, 4.69) is 0 Å². The summed E-state index contributed by atoms with van der Waals surface area (Å²) in [5.74, 6) is -57.6. The molecule has 0 atom stereocenters. The molecule has 4 aromatic rings. The van der Waals surface area contributed by atoms with Gasteiger partial charge in [-0.1, -0.05) is 12.1 Å². The maximum atomic E-state index is 15.3. The monoisotopic (exact) mass is 643 g/mol. The second-order valence-corrected chi connectivity index (χ2v) is 8.62. The van der Waals surface area contributed by atoms with Gasteiger partial charge in [0.15, 0.2) is 69.8 Å². The van der Waals surface area contributed by atoms with Crippen LogP contribution in [0.5, 0.6) is 0 Å². The summed E-state index contributed by atoms with van der Waals surface area (Å²) >= 11 is 0. The van der Waals surface area contributed by atoms with Crippen molar-refractivity contribution < 1.29 is 79.0 Å². The molecular formula is C24H2BF18-. The van der Waals surface area contributed by atoms with Crippen molar-refractivity contribution in [2.24, 2.45) is 0 Å². The molecule has 0 aliphatic carbocycles. The van der Waals surface area contributed by atoms with Crippen LogP contribution >= 0.6 is 0 Å². The predicted octanol–water partition coefficient (Wildman–Crippen LogP) is 5.57. The molecule has 0 nitrogen and oxygen atoms in total. The molecule has 43 heavy (non-hydrogen) atoms. The van der Waals surface area contributed by atoms with Gasteiger partial charge in [-0.2, -0.15) is 5.46 Å². The van der Waals surface area contributed by atoms with Crippen molar-refractivity contribution in [1.82, 2.24) is 0 Å². The van der Waals surface area contributed by atoms with Gasteiger partial charge in [0.25, 0.3) is 0 Å². The van der Waals surface area contributed by atoms with Gasteiger partial charge in [-0.3, -0.25) is 0 Å². The quantitative estimate of drug-likeness (QED) is 0.118. The summed E-state index contributed by atoms with van der Waals surface area (Å²) < 4.78 is 263. The topological polar surface area (TPSA) is 0 Å².